The van der Waals surface area contributed by atoms with Crippen LogP contribution in [0, 0.1) is 0 Å². The van der Waals surface area contributed by atoms with Crippen molar-refractivity contribution in [2.45, 2.75) is 25.4 Å². The van der Waals surface area contributed by atoms with Crippen molar-refractivity contribution in [2.24, 2.45) is 0 Å². The van der Waals surface area contributed by atoms with Gasteiger partial charge in [-0.1, -0.05) is 29.9 Å². The van der Waals surface area contributed by atoms with E-state index in [-0.39, 0.29) is 6.61 Å². The predicted octanol–water partition coefficient (Wildman–Crippen LogP) is 4.19. The minimum Gasteiger partial charge on any atom is -0.396 e. The van der Waals surface area contributed by atoms with E-state index < -0.39 is 11.7 Å². The molecule has 0 amide bonds. The minimum atomic E-state index is -4.28. The van der Waals surface area contributed by atoms with Gasteiger partial charge < -0.3 is 5.11 Å². The smallest absolute Gasteiger partial charge is 0.396 e. The first-order valence-electron chi connectivity index (χ1n) is 6.18. The van der Waals surface area contributed by atoms with E-state index >= 15 is 0 Å². The van der Waals surface area contributed by atoms with Gasteiger partial charge in [0.05, 0.1) is 5.56 Å². The molecule has 0 aromatic heterocycles. The zero-order chi connectivity index (χ0) is 13.9. The van der Waals surface area contributed by atoms with E-state index in [2.05, 4.69) is 0 Å². The molecule has 0 atom stereocenters. The molecule has 102 valence electrons. The largest absolute Gasteiger partial charge is 0.416 e. The summed E-state index contributed by atoms with van der Waals surface area (Å²) in [6, 6.07) is 5.26. The Morgan fingerprint density at radius 3 is 2.16 bits per heavy atom. The monoisotopic (exact) mass is 268 g/mol. The number of halogens is 3. The molecule has 4 heteroatoms. The Bertz CT molecular complexity index is 495. The number of aliphatic hydroxyl groups is 1. The van der Waals surface area contributed by atoms with Crippen molar-refractivity contribution >= 4 is 5.57 Å². The summed E-state index contributed by atoms with van der Waals surface area (Å²) < 4.78 is 37.4. The van der Waals surface area contributed by atoms with Gasteiger partial charge in [-0.15, -0.1) is 0 Å². The standard InChI is InChI=1S/C15H15F3O/c16-15(17,18)14-7-5-13(6-8-14)12-3-1-11(2-4-12)9-10-19/h1,3,5-8,19H,2,4,9-10H2. The Labute approximate surface area is 110 Å². The molecule has 0 heterocycles. The van der Waals surface area contributed by atoms with Gasteiger partial charge in [0.15, 0.2) is 0 Å². The average molecular weight is 268 g/mol. The van der Waals surface area contributed by atoms with Gasteiger partial charge in [-0.2, -0.15) is 13.2 Å². The van der Waals surface area contributed by atoms with Crippen LogP contribution in [-0.4, -0.2) is 11.7 Å². The molecule has 1 N–H and O–H groups in total. The number of aliphatic hydroxyl groups excluding tert-OH is 1. The number of hydrogen-bond donors (Lipinski definition) is 1. The van der Waals surface area contributed by atoms with Crippen LogP contribution in [0.2, 0.25) is 0 Å². The molecule has 1 aromatic rings. The Balaban J connectivity index is 2.16. The second kappa shape index (κ2) is 5.61. The lowest BCUT2D eigenvalue weighted by atomic mass is 9.92. The molecule has 19 heavy (non-hydrogen) atoms. The van der Waals surface area contributed by atoms with E-state index in [1.807, 2.05) is 12.2 Å². The Morgan fingerprint density at radius 2 is 1.68 bits per heavy atom. The molecular formula is C15H15F3O. The summed E-state index contributed by atoms with van der Waals surface area (Å²) in [5.74, 6) is 0. The topological polar surface area (TPSA) is 20.2 Å². The Kier molecular flexibility index (Phi) is 4.10. The quantitative estimate of drug-likeness (QED) is 0.871. The number of alkyl halides is 3. The second-order valence-electron chi connectivity index (χ2n) is 4.57. The minimum absolute atomic E-state index is 0.134. The van der Waals surface area contributed by atoms with Gasteiger partial charge in [0.1, 0.15) is 0 Å². The van der Waals surface area contributed by atoms with Gasteiger partial charge >= 0.3 is 6.18 Å². The van der Waals surface area contributed by atoms with Gasteiger partial charge in [0, 0.05) is 6.61 Å². The SMILES string of the molecule is OCCC1=CC=C(c2ccc(C(F)(F)F)cc2)CC1. The molecule has 0 fully saturated rings. The van der Waals surface area contributed by atoms with Crippen LogP contribution < -0.4 is 0 Å². The normalized spacial score (nSPS) is 16.0. The van der Waals surface area contributed by atoms with Gasteiger partial charge in [-0.05, 0) is 42.5 Å². The highest BCUT2D eigenvalue weighted by molar-refractivity contribution is 5.69. The van der Waals surface area contributed by atoms with Crippen LogP contribution in [0.25, 0.3) is 5.57 Å². The molecule has 2 rings (SSSR count). The first-order chi connectivity index (χ1) is 9.00. The van der Waals surface area contributed by atoms with Crippen molar-refractivity contribution in [1.29, 1.82) is 0 Å². The highest BCUT2D eigenvalue weighted by atomic mass is 19.4. The lowest BCUT2D eigenvalue weighted by Crippen LogP contribution is -2.04. The van der Waals surface area contributed by atoms with Crippen molar-refractivity contribution in [2.75, 3.05) is 6.61 Å². The van der Waals surface area contributed by atoms with Crippen LogP contribution >= 0.6 is 0 Å². The molecule has 0 aliphatic heterocycles. The fourth-order valence-electron chi connectivity index (χ4n) is 2.15. The summed E-state index contributed by atoms with van der Waals surface area (Å²) in [6.45, 7) is 0.134. The van der Waals surface area contributed by atoms with Gasteiger partial charge in [0.2, 0.25) is 0 Å². The molecule has 0 unspecified atom stereocenters. The van der Waals surface area contributed by atoms with E-state index in [0.29, 0.717) is 6.42 Å². The zero-order valence-electron chi connectivity index (χ0n) is 10.4. The molecule has 0 spiro atoms. The van der Waals surface area contributed by atoms with Crippen LogP contribution in [0.5, 0.6) is 0 Å². The van der Waals surface area contributed by atoms with Crippen LogP contribution in [0.3, 0.4) is 0 Å². The van der Waals surface area contributed by atoms with E-state index in [9.17, 15) is 13.2 Å². The van der Waals surface area contributed by atoms with E-state index in [1.165, 1.54) is 17.7 Å². The molecule has 0 saturated carbocycles. The first kappa shape index (κ1) is 13.9. The molecule has 1 aliphatic rings. The van der Waals surface area contributed by atoms with Crippen LogP contribution in [0.4, 0.5) is 13.2 Å². The molecule has 0 bridgehead atoms. The van der Waals surface area contributed by atoms with Crippen molar-refractivity contribution in [1.82, 2.24) is 0 Å². The third-order valence-electron chi connectivity index (χ3n) is 3.25. The highest BCUT2D eigenvalue weighted by Gasteiger charge is 2.30. The van der Waals surface area contributed by atoms with Crippen LogP contribution in [-0.2, 0) is 6.18 Å². The number of rotatable bonds is 3. The number of hydrogen-bond acceptors (Lipinski definition) is 1. The van der Waals surface area contributed by atoms with Gasteiger partial charge in [-0.25, -0.2) is 0 Å². The molecule has 1 aromatic carbocycles. The molecule has 1 aliphatic carbocycles. The van der Waals surface area contributed by atoms with E-state index in [4.69, 9.17) is 5.11 Å². The maximum absolute atomic E-state index is 12.5. The fraction of sp³-hybridized carbons (Fsp3) is 0.333. The van der Waals surface area contributed by atoms with Gasteiger partial charge in [0.25, 0.3) is 0 Å². The second-order valence-corrected chi connectivity index (χ2v) is 4.57. The lowest BCUT2D eigenvalue weighted by molar-refractivity contribution is -0.137. The Hall–Kier alpha value is -1.55. The maximum Gasteiger partial charge on any atom is 0.416 e. The summed E-state index contributed by atoms with van der Waals surface area (Å²) in [7, 11) is 0. The third-order valence-corrected chi connectivity index (χ3v) is 3.25. The van der Waals surface area contributed by atoms with Crippen molar-refractivity contribution in [3.8, 4) is 0 Å². The molecule has 1 nitrogen and oxygen atoms in total. The fourth-order valence-corrected chi connectivity index (χ4v) is 2.15. The van der Waals surface area contributed by atoms with Gasteiger partial charge in [-0.3, -0.25) is 0 Å². The van der Waals surface area contributed by atoms with E-state index in [1.54, 1.807) is 0 Å². The summed E-state index contributed by atoms with van der Waals surface area (Å²) in [5, 5.41) is 8.84. The summed E-state index contributed by atoms with van der Waals surface area (Å²) >= 11 is 0. The summed E-state index contributed by atoms with van der Waals surface area (Å²) in [5.41, 5.74) is 2.42. The number of benzene rings is 1. The summed E-state index contributed by atoms with van der Waals surface area (Å²) in [6.07, 6.45) is 1.92. The Morgan fingerprint density at radius 1 is 1.00 bits per heavy atom. The highest BCUT2D eigenvalue weighted by Crippen LogP contribution is 2.32. The van der Waals surface area contributed by atoms with Crippen molar-refractivity contribution < 1.29 is 18.3 Å². The molecular weight excluding hydrogens is 253 g/mol. The van der Waals surface area contributed by atoms with Crippen molar-refractivity contribution in [3.05, 3.63) is 53.1 Å². The maximum atomic E-state index is 12.5. The van der Waals surface area contributed by atoms with E-state index in [0.717, 1.165) is 36.1 Å². The van der Waals surface area contributed by atoms with Crippen LogP contribution in [0.15, 0.2) is 42.0 Å². The van der Waals surface area contributed by atoms with Crippen LogP contribution in [0.1, 0.15) is 30.4 Å². The third kappa shape index (κ3) is 3.47. The molecule has 0 saturated heterocycles. The summed E-state index contributed by atoms with van der Waals surface area (Å²) in [4.78, 5) is 0. The zero-order valence-corrected chi connectivity index (χ0v) is 10.4. The first-order valence-corrected chi connectivity index (χ1v) is 6.18. The lowest BCUT2D eigenvalue weighted by Gasteiger charge is -2.15. The number of allylic oxidation sites excluding steroid dienone is 3. The predicted molar refractivity (Wildman–Crippen MR) is 68.4 cm³/mol. The van der Waals surface area contributed by atoms with Crippen molar-refractivity contribution in [3.63, 3.8) is 0 Å². The average Bonchev–Trinajstić information content (AvgIpc) is 2.39. The molecule has 0 radical (unpaired) electrons.